The molecule has 0 aromatic carbocycles. The van der Waals surface area contributed by atoms with Crippen LogP contribution >= 0.6 is 11.3 Å². The first-order valence-corrected chi connectivity index (χ1v) is 8.32. The van der Waals surface area contributed by atoms with Crippen LogP contribution in [0.2, 0.25) is 0 Å². The summed E-state index contributed by atoms with van der Waals surface area (Å²) in [5.74, 6) is 1.47. The number of hydrogen-bond acceptors (Lipinski definition) is 6. The summed E-state index contributed by atoms with van der Waals surface area (Å²) >= 11 is 1.50. The van der Waals surface area contributed by atoms with Crippen LogP contribution in [-0.4, -0.2) is 37.4 Å². The van der Waals surface area contributed by atoms with Crippen molar-refractivity contribution >= 4 is 22.2 Å². The highest BCUT2D eigenvalue weighted by Gasteiger charge is 2.22. The highest BCUT2D eigenvalue weighted by molar-refractivity contribution is 7.15. The van der Waals surface area contributed by atoms with Crippen molar-refractivity contribution < 1.29 is 9.32 Å². The highest BCUT2D eigenvalue weighted by Crippen LogP contribution is 2.18. The zero-order valence-electron chi connectivity index (χ0n) is 13.6. The topological polar surface area (TPSA) is 76.5 Å². The summed E-state index contributed by atoms with van der Waals surface area (Å²) in [5, 5.41) is 5.86. The number of carbonyl (C=O) groups is 1. The molecule has 3 aromatic heterocycles. The van der Waals surface area contributed by atoms with Crippen molar-refractivity contribution in [3.8, 4) is 0 Å². The Labute approximate surface area is 137 Å². The third kappa shape index (κ3) is 3.12. The molecule has 0 fully saturated rings. The van der Waals surface area contributed by atoms with Crippen molar-refractivity contribution in [2.45, 2.75) is 33.7 Å². The zero-order valence-corrected chi connectivity index (χ0v) is 14.4. The molecule has 122 valence electrons. The van der Waals surface area contributed by atoms with Crippen LogP contribution in [0, 0.1) is 12.8 Å². The molecule has 7 nitrogen and oxygen atoms in total. The Hall–Kier alpha value is -2.22. The van der Waals surface area contributed by atoms with Gasteiger partial charge in [0.25, 0.3) is 5.91 Å². The first-order valence-electron chi connectivity index (χ1n) is 7.44. The van der Waals surface area contributed by atoms with Crippen LogP contribution in [0.3, 0.4) is 0 Å². The van der Waals surface area contributed by atoms with Crippen molar-refractivity contribution in [3.63, 3.8) is 0 Å². The van der Waals surface area contributed by atoms with E-state index in [1.165, 1.54) is 11.3 Å². The van der Waals surface area contributed by atoms with E-state index in [0.29, 0.717) is 23.3 Å². The number of thiazole rings is 1. The summed E-state index contributed by atoms with van der Waals surface area (Å²) in [4.78, 5) is 23.8. The summed E-state index contributed by atoms with van der Waals surface area (Å²) in [7, 11) is 1.72. The van der Waals surface area contributed by atoms with Crippen molar-refractivity contribution in [2.24, 2.45) is 5.92 Å². The fourth-order valence-electron chi connectivity index (χ4n) is 2.41. The molecule has 0 aliphatic heterocycles. The molecular weight excluding hydrogens is 314 g/mol. The van der Waals surface area contributed by atoms with Gasteiger partial charge in [-0.15, -0.1) is 11.3 Å². The minimum atomic E-state index is -0.114. The molecule has 0 aliphatic carbocycles. The molecule has 0 bridgehead atoms. The molecule has 0 N–H and O–H groups in total. The lowest BCUT2D eigenvalue weighted by Gasteiger charge is -2.14. The molecule has 0 atom stereocenters. The second-order valence-electron chi connectivity index (χ2n) is 5.96. The van der Waals surface area contributed by atoms with Gasteiger partial charge in [0.05, 0.1) is 5.69 Å². The molecule has 1 amide bonds. The smallest absolute Gasteiger partial charge is 0.273 e. The number of fused-ring (bicyclic) bond motifs is 1. The Balaban J connectivity index is 1.76. The number of aryl methyl sites for hydroxylation is 1. The first-order chi connectivity index (χ1) is 11.0. The summed E-state index contributed by atoms with van der Waals surface area (Å²) in [6, 6.07) is 0. The van der Waals surface area contributed by atoms with E-state index >= 15 is 0 Å². The number of nitrogens with zero attached hydrogens (tertiary/aromatic N) is 5. The number of aromatic nitrogens is 4. The summed E-state index contributed by atoms with van der Waals surface area (Å²) in [6.45, 7) is 6.31. The van der Waals surface area contributed by atoms with Crippen LogP contribution in [0.15, 0.2) is 16.1 Å². The Bertz CT molecular complexity index is 832. The fraction of sp³-hybridized carbons (Fsp3) is 0.467. The molecular formula is C15H19N5O2S. The lowest BCUT2D eigenvalue weighted by atomic mass is 10.1. The quantitative estimate of drug-likeness (QED) is 0.717. The van der Waals surface area contributed by atoms with Gasteiger partial charge in [-0.1, -0.05) is 19.0 Å². The minimum Gasteiger partial charge on any atom is -0.337 e. The minimum absolute atomic E-state index is 0.114. The summed E-state index contributed by atoms with van der Waals surface area (Å²) in [5.41, 5.74) is 1.30. The van der Waals surface area contributed by atoms with Crippen molar-refractivity contribution in [1.82, 2.24) is 24.4 Å². The molecule has 0 aliphatic rings. The van der Waals surface area contributed by atoms with Gasteiger partial charge in [-0.05, 0) is 12.8 Å². The van der Waals surface area contributed by atoms with Gasteiger partial charge in [-0.25, -0.2) is 4.98 Å². The standard InChI is InChI=1S/C15H19N5O2S/c1-9(2)7-11-17-12(22-18-11)8-19(4)14(21)13-10(3)16-15-20(13)5-6-23-15/h5-6,9H,7-8H2,1-4H3. The van der Waals surface area contributed by atoms with Crippen molar-refractivity contribution in [3.05, 3.63) is 34.7 Å². The molecule has 0 unspecified atom stereocenters. The predicted molar refractivity (Wildman–Crippen MR) is 86.4 cm³/mol. The lowest BCUT2D eigenvalue weighted by Crippen LogP contribution is -2.28. The number of hydrogen-bond donors (Lipinski definition) is 0. The molecule has 0 spiro atoms. The van der Waals surface area contributed by atoms with Gasteiger partial charge in [0.1, 0.15) is 12.2 Å². The SMILES string of the molecule is Cc1nc2sccn2c1C(=O)N(C)Cc1nc(CC(C)C)no1. The molecule has 23 heavy (non-hydrogen) atoms. The van der Waals surface area contributed by atoms with Crippen LogP contribution < -0.4 is 0 Å². The highest BCUT2D eigenvalue weighted by atomic mass is 32.1. The van der Waals surface area contributed by atoms with E-state index in [4.69, 9.17) is 4.52 Å². The monoisotopic (exact) mass is 333 g/mol. The van der Waals surface area contributed by atoms with Gasteiger partial charge in [0.15, 0.2) is 10.8 Å². The molecule has 8 heteroatoms. The Morgan fingerprint density at radius 2 is 2.22 bits per heavy atom. The zero-order chi connectivity index (χ0) is 16.6. The van der Waals surface area contributed by atoms with Crippen LogP contribution in [0.4, 0.5) is 0 Å². The molecule has 3 aromatic rings. The Morgan fingerprint density at radius 3 is 2.96 bits per heavy atom. The van der Waals surface area contributed by atoms with E-state index in [9.17, 15) is 4.79 Å². The normalized spacial score (nSPS) is 11.5. The largest absolute Gasteiger partial charge is 0.337 e. The van der Waals surface area contributed by atoms with Crippen LogP contribution in [0.25, 0.3) is 4.96 Å². The van der Waals surface area contributed by atoms with Crippen LogP contribution in [0.1, 0.15) is 41.7 Å². The summed E-state index contributed by atoms with van der Waals surface area (Å²) < 4.78 is 7.05. The van der Waals surface area contributed by atoms with Gasteiger partial charge in [0.2, 0.25) is 5.89 Å². The van der Waals surface area contributed by atoms with E-state index < -0.39 is 0 Å². The average Bonchev–Trinajstić information content (AvgIpc) is 3.14. The average molecular weight is 333 g/mol. The lowest BCUT2D eigenvalue weighted by molar-refractivity contribution is 0.0762. The van der Waals surface area contributed by atoms with Gasteiger partial charge < -0.3 is 9.42 Å². The van der Waals surface area contributed by atoms with E-state index in [1.807, 2.05) is 22.9 Å². The third-order valence-corrected chi connectivity index (χ3v) is 4.22. The molecule has 3 rings (SSSR count). The molecule has 0 radical (unpaired) electrons. The molecule has 3 heterocycles. The maximum Gasteiger partial charge on any atom is 0.273 e. The fourth-order valence-corrected chi connectivity index (χ4v) is 3.17. The van der Waals surface area contributed by atoms with E-state index in [1.54, 1.807) is 11.9 Å². The number of carbonyl (C=O) groups excluding carboxylic acids is 1. The maximum absolute atomic E-state index is 12.7. The predicted octanol–water partition coefficient (Wildman–Crippen LogP) is 2.56. The second kappa shape index (κ2) is 6.11. The van der Waals surface area contributed by atoms with Crippen molar-refractivity contribution in [1.29, 1.82) is 0 Å². The Morgan fingerprint density at radius 1 is 1.43 bits per heavy atom. The third-order valence-electron chi connectivity index (χ3n) is 3.46. The number of amides is 1. The van der Waals surface area contributed by atoms with Crippen LogP contribution in [-0.2, 0) is 13.0 Å². The van der Waals surface area contributed by atoms with Gasteiger partial charge in [0, 0.05) is 25.0 Å². The van der Waals surface area contributed by atoms with Gasteiger partial charge in [-0.2, -0.15) is 4.98 Å². The van der Waals surface area contributed by atoms with Gasteiger partial charge in [-0.3, -0.25) is 9.20 Å². The van der Waals surface area contributed by atoms with Crippen molar-refractivity contribution in [2.75, 3.05) is 7.05 Å². The van der Waals surface area contributed by atoms with E-state index in [0.717, 1.165) is 17.1 Å². The van der Waals surface area contributed by atoms with Crippen LogP contribution in [0.5, 0.6) is 0 Å². The molecule has 0 saturated heterocycles. The second-order valence-corrected chi connectivity index (χ2v) is 6.84. The van der Waals surface area contributed by atoms with E-state index in [-0.39, 0.29) is 12.5 Å². The number of imidazole rings is 1. The van der Waals surface area contributed by atoms with Gasteiger partial charge >= 0.3 is 0 Å². The summed E-state index contributed by atoms with van der Waals surface area (Å²) in [6.07, 6.45) is 2.62. The maximum atomic E-state index is 12.7. The first kappa shape index (κ1) is 15.7. The Kier molecular flexibility index (Phi) is 4.16. The number of rotatable bonds is 5. The van der Waals surface area contributed by atoms with E-state index in [2.05, 4.69) is 29.0 Å². The molecule has 0 saturated carbocycles.